The lowest BCUT2D eigenvalue weighted by Gasteiger charge is -2.18. The Bertz CT molecular complexity index is 509. The fourth-order valence-corrected chi connectivity index (χ4v) is 2.64. The summed E-state index contributed by atoms with van der Waals surface area (Å²) in [5.41, 5.74) is 3.28. The van der Waals surface area contributed by atoms with Crippen molar-refractivity contribution in [1.29, 1.82) is 0 Å². The first-order chi connectivity index (χ1) is 7.99. The van der Waals surface area contributed by atoms with Gasteiger partial charge in [0.05, 0.1) is 5.69 Å². The molecular weight excluding hydrogens is 236 g/mol. The van der Waals surface area contributed by atoms with Gasteiger partial charge in [0, 0.05) is 14.1 Å². The zero-order chi connectivity index (χ0) is 12.5. The molecule has 0 saturated carbocycles. The molecule has 94 valence electrons. The molecule has 5 heteroatoms. The first-order valence-corrected chi connectivity index (χ1v) is 7.25. The molecule has 0 heterocycles. The van der Waals surface area contributed by atoms with Gasteiger partial charge < -0.3 is 0 Å². The van der Waals surface area contributed by atoms with Gasteiger partial charge in [-0.2, -0.15) is 12.7 Å². The average Bonchev–Trinajstić information content (AvgIpc) is 2.28. The van der Waals surface area contributed by atoms with Gasteiger partial charge in [-0.25, -0.2) is 0 Å². The highest BCUT2D eigenvalue weighted by Gasteiger charge is 2.15. The molecular formula is C12H18N2O2S. The molecule has 0 amide bonds. The molecule has 0 radical (unpaired) electrons. The van der Waals surface area contributed by atoms with Crippen molar-refractivity contribution in [1.82, 2.24) is 4.31 Å². The molecule has 4 nitrogen and oxygen atoms in total. The van der Waals surface area contributed by atoms with Gasteiger partial charge in [0.2, 0.25) is 0 Å². The van der Waals surface area contributed by atoms with Crippen molar-refractivity contribution >= 4 is 15.9 Å². The van der Waals surface area contributed by atoms with E-state index in [2.05, 4.69) is 4.72 Å². The van der Waals surface area contributed by atoms with Crippen LogP contribution in [-0.2, 0) is 23.1 Å². The van der Waals surface area contributed by atoms with E-state index in [1.807, 2.05) is 18.2 Å². The molecule has 2 rings (SSSR count). The minimum Gasteiger partial charge on any atom is -0.271 e. The molecule has 0 unspecified atom stereocenters. The second-order valence-corrected chi connectivity index (χ2v) is 6.46. The van der Waals surface area contributed by atoms with Gasteiger partial charge in [-0.05, 0) is 48.9 Å². The fourth-order valence-electron chi connectivity index (χ4n) is 2.04. The van der Waals surface area contributed by atoms with Crippen LogP contribution in [-0.4, -0.2) is 26.8 Å². The molecule has 0 aliphatic heterocycles. The molecule has 0 saturated heterocycles. The molecule has 0 spiro atoms. The van der Waals surface area contributed by atoms with Crippen molar-refractivity contribution < 1.29 is 8.42 Å². The van der Waals surface area contributed by atoms with Crippen molar-refractivity contribution in [2.24, 2.45) is 0 Å². The lowest BCUT2D eigenvalue weighted by molar-refractivity contribution is 0.527. The fraction of sp³-hybridized carbons (Fsp3) is 0.500. The monoisotopic (exact) mass is 254 g/mol. The topological polar surface area (TPSA) is 49.4 Å². The molecule has 0 aromatic heterocycles. The van der Waals surface area contributed by atoms with E-state index in [0.717, 1.165) is 12.8 Å². The Morgan fingerprint density at radius 2 is 1.76 bits per heavy atom. The molecule has 0 bridgehead atoms. The summed E-state index contributed by atoms with van der Waals surface area (Å²) in [5, 5.41) is 0. The summed E-state index contributed by atoms with van der Waals surface area (Å²) in [4.78, 5) is 0. The van der Waals surface area contributed by atoms with E-state index in [4.69, 9.17) is 0 Å². The van der Waals surface area contributed by atoms with E-state index in [1.165, 1.54) is 42.4 Å². The molecule has 0 fully saturated rings. The number of hydrogen-bond donors (Lipinski definition) is 1. The summed E-state index contributed by atoms with van der Waals surface area (Å²) in [5.74, 6) is 0. The van der Waals surface area contributed by atoms with Crippen molar-refractivity contribution in [3.8, 4) is 0 Å². The van der Waals surface area contributed by atoms with Gasteiger partial charge in [-0.3, -0.25) is 4.72 Å². The van der Waals surface area contributed by atoms with Crippen molar-refractivity contribution in [3.63, 3.8) is 0 Å². The van der Waals surface area contributed by atoms with Crippen LogP contribution in [0.1, 0.15) is 24.0 Å². The SMILES string of the molecule is CN(C)S(=O)(=O)Nc1ccc2c(c1)CCCC2. The number of aryl methyl sites for hydroxylation is 2. The Morgan fingerprint density at radius 3 is 2.41 bits per heavy atom. The highest BCUT2D eigenvalue weighted by Crippen LogP contribution is 2.24. The lowest BCUT2D eigenvalue weighted by atomic mass is 9.91. The van der Waals surface area contributed by atoms with Crippen LogP contribution in [0.5, 0.6) is 0 Å². The van der Waals surface area contributed by atoms with E-state index in [9.17, 15) is 8.42 Å². The van der Waals surface area contributed by atoms with Gasteiger partial charge in [0.15, 0.2) is 0 Å². The quantitative estimate of drug-likeness (QED) is 0.894. The number of nitrogens with zero attached hydrogens (tertiary/aromatic N) is 1. The highest BCUT2D eigenvalue weighted by atomic mass is 32.2. The largest absolute Gasteiger partial charge is 0.301 e. The van der Waals surface area contributed by atoms with Crippen LogP contribution in [0.15, 0.2) is 18.2 Å². The molecule has 17 heavy (non-hydrogen) atoms. The van der Waals surface area contributed by atoms with Crippen LogP contribution >= 0.6 is 0 Å². The minimum atomic E-state index is -3.39. The Morgan fingerprint density at radius 1 is 1.12 bits per heavy atom. The maximum absolute atomic E-state index is 11.7. The second-order valence-electron chi connectivity index (χ2n) is 4.58. The normalized spacial score (nSPS) is 15.7. The van der Waals surface area contributed by atoms with Crippen molar-refractivity contribution in [3.05, 3.63) is 29.3 Å². The molecule has 1 N–H and O–H groups in total. The van der Waals surface area contributed by atoms with Gasteiger partial charge >= 0.3 is 10.2 Å². The van der Waals surface area contributed by atoms with E-state index in [0.29, 0.717) is 5.69 Å². The van der Waals surface area contributed by atoms with E-state index in [-0.39, 0.29) is 0 Å². The molecule has 0 atom stereocenters. The van der Waals surface area contributed by atoms with Gasteiger partial charge in [-0.15, -0.1) is 0 Å². The number of hydrogen-bond acceptors (Lipinski definition) is 2. The predicted octanol–water partition coefficient (Wildman–Crippen LogP) is 1.78. The van der Waals surface area contributed by atoms with Crippen molar-refractivity contribution in [2.75, 3.05) is 18.8 Å². The van der Waals surface area contributed by atoms with Crippen LogP contribution in [0, 0.1) is 0 Å². The first kappa shape index (κ1) is 12.4. The summed E-state index contributed by atoms with van der Waals surface area (Å²) in [7, 11) is -0.365. The maximum Gasteiger partial charge on any atom is 0.301 e. The summed E-state index contributed by atoms with van der Waals surface area (Å²) in [6, 6.07) is 5.82. The predicted molar refractivity (Wildman–Crippen MR) is 69.3 cm³/mol. The number of rotatable bonds is 3. The lowest BCUT2D eigenvalue weighted by Crippen LogP contribution is -2.29. The summed E-state index contributed by atoms with van der Waals surface area (Å²) in [6.45, 7) is 0. The smallest absolute Gasteiger partial charge is 0.271 e. The Balaban J connectivity index is 2.23. The third-order valence-electron chi connectivity index (χ3n) is 3.08. The molecule has 1 aliphatic carbocycles. The molecule has 1 aliphatic rings. The Hall–Kier alpha value is -1.07. The van der Waals surface area contributed by atoms with Gasteiger partial charge in [0.1, 0.15) is 0 Å². The number of benzene rings is 1. The van der Waals surface area contributed by atoms with Crippen LogP contribution in [0.25, 0.3) is 0 Å². The summed E-state index contributed by atoms with van der Waals surface area (Å²) >= 11 is 0. The number of anilines is 1. The van der Waals surface area contributed by atoms with Gasteiger partial charge in [0.25, 0.3) is 0 Å². The standard InChI is InChI=1S/C12H18N2O2S/c1-14(2)17(15,16)13-12-8-7-10-5-3-4-6-11(10)9-12/h7-9,13H,3-6H2,1-2H3. The first-order valence-electron chi connectivity index (χ1n) is 5.81. The molecule has 1 aromatic carbocycles. The van der Waals surface area contributed by atoms with E-state index in [1.54, 1.807) is 0 Å². The highest BCUT2D eigenvalue weighted by molar-refractivity contribution is 7.90. The van der Waals surface area contributed by atoms with Crippen LogP contribution in [0.2, 0.25) is 0 Å². The summed E-state index contributed by atoms with van der Waals surface area (Å²) in [6.07, 6.45) is 4.58. The minimum absolute atomic E-state index is 0.652. The number of nitrogens with one attached hydrogen (secondary N) is 1. The maximum atomic E-state index is 11.7. The van der Waals surface area contributed by atoms with Crippen LogP contribution in [0.3, 0.4) is 0 Å². The zero-order valence-corrected chi connectivity index (χ0v) is 11.0. The average molecular weight is 254 g/mol. The van der Waals surface area contributed by atoms with Crippen LogP contribution in [0.4, 0.5) is 5.69 Å². The third-order valence-corrected chi connectivity index (χ3v) is 4.53. The van der Waals surface area contributed by atoms with Crippen molar-refractivity contribution in [2.45, 2.75) is 25.7 Å². The second kappa shape index (κ2) is 4.66. The third kappa shape index (κ3) is 2.79. The number of fused-ring (bicyclic) bond motifs is 1. The molecule has 1 aromatic rings. The summed E-state index contributed by atoms with van der Waals surface area (Å²) < 4.78 is 27.1. The zero-order valence-electron chi connectivity index (χ0n) is 10.2. The Labute approximate surface area is 103 Å². The Kier molecular flexibility index (Phi) is 3.40. The van der Waals surface area contributed by atoms with E-state index >= 15 is 0 Å². The van der Waals surface area contributed by atoms with Gasteiger partial charge in [-0.1, -0.05) is 6.07 Å². The van der Waals surface area contributed by atoms with E-state index < -0.39 is 10.2 Å². The van der Waals surface area contributed by atoms with Crippen LogP contribution < -0.4 is 4.72 Å².